The van der Waals surface area contributed by atoms with Crippen molar-refractivity contribution >= 4 is 5.91 Å². The highest BCUT2D eigenvalue weighted by atomic mass is 16.6. The van der Waals surface area contributed by atoms with Gasteiger partial charge in [-0.2, -0.15) is 0 Å². The van der Waals surface area contributed by atoms with Gasteiger partial charge in [-0.3, -0.25) is 4.79 Å². The summed E-state index contributed by atoms with van der Waals surface area (Å²) < 4.78 is 4.93. The second-order valence-electron chi connectivity index (χ2n) is 4.94. The number of carbonyl (C=O) groups is 1. The number of epoxide rings is 1. The highest BCUT2D eigenvalue weighted by molar-refractivity contribution is 5.82. The van der Waals surface area contributed by atoms with Crippen LogP contribution in [-0.4, -0.2) is 25.2 Å². The van der Waals surface area contributed by atoms with Crippen LogP contribution < -0.4 is 5.32 Å². The first-order valence-corrected chi connectivity index (χ1v) is 6.29. The smallest absolute Gasteiger partial charge is 0.251 e. The third-order valence-corrected chi connectivity index (χ3v) is 3.61. The molecule has 2 aliphatic rings. The van der Waals surface area contributed by atoms with Crippen LogP contribution in [0.15, 0.2) is 24.3 Å². The number of rotatable bonds is 4. The molecule has 17 heavy (non-hydrogen) atoms. The van der Waals surface area contributed by atoms with E-state index in [2.05, 4.69) is 29.6 Å². The molecule has 1 amide bonds. The monoisotopic (exact) mass is 231 g/mol. The molecule has 1 N–H and O–H groups in total. The van der Waals surface area contributed by atoms with Gasteiger partial charge in [0.2, 0.25) is 0 Å². The second kappa shape index (κ2) is 4.49. The van der Waals surface area contributed by atoms with Crippen LogP contribution in [0.1, 0.15) is 17.5 Å². The van der Waals surface area contributed by atoms with Crippen LogP contribution in [0.3, 0.4) is 0 Å². The average molecular weight is 231 g/mol. The highest BCUT2D eigenvalue weighted by Gasteiger charge is 2.31. The number of nitrogens with one attached hydrogen (secondary N) is 1. The molecule has 1 unspecified atom stereocenters. The minimum absolute atomic E-state index is 0.0560. The number of carbonyl (C=O) groups excluding carboxylic acids is 1. The molecule has 1 fully saturated rings. The number of amides is 1. The molecule has 3 heteroatoms. The van der Waals surface area contributed by atoms with Crippen molar-refractivity contribution < 1.29 is 9.53 Å². The Balaban J connectivity index is 1.44. The summed E-state index contributed by atoms with van der Waals surface area (Å²) in [6, 6.07) is 8.64. The van der Waals surface area contributed by atoms with Crippen molar-refractivity contribution in [1.82, 2.24) is 5.32 Å². The van der Waals surface area contributed by atoms with E-state index in [0.717, 1.165) is 25.8 Å². The molecule has 1 heterocycles. The van der Waals surface area contributed by atoms with Crippen molar-refractivity contribution in [2.24, 2.45) is 5.92 Å². The molecule has 0 spiro atoms. The summed E-state index contributed by atoms with van der Waals surface area (Å²) in [5.74, 6) is 0.744. The molecule has 0 radical (unpaired) electrons. The quantitative estimate of drug-likeness (QED) is 0.794. The lowest BCUT2D eigenvalue weighted by atomic mass is 10.0. The van der Waals surface area contributed by atoms with Crippen LogP contribution in [0, 0.1) is 5.92 Å². The van der Waals surface area contributed by atoms with Gasteiger partial charge in [-0.25, -0.2) is 0 Å². The van der Waals surface area contributed by atoms with E-state index in [1.54, 1.807) is 0 Å². The fourth-order valence-electron chi connectivity index (χ4n) is 2.57. The zero-order valence-corrected chi connectivity index (χ0v) is 9.82. The van der Waals surface area contributed by atoms with Crippen molar-refractivity contribution in [3.8, 4) is 0 Å². The van der Waals surface area contributed by atoms with Crippen LogP contribution in [-0.2, 0) is 22.4 Å². The van der Waals surface area contributed by atoms with Crippen LogP contribution in [0.4, 0.5) is 0 Å². The maximum absolute atomic E-state index is 11.4. The third kappa shape index (κ3) is 2.50. The number of hydrogen-bond donors (Lipinski definition) is 1. The molecule has 1 aromatic rings. The topological polar surface area (TPSA) is 41.6 Å². The Labute approximate surface area is 101 Å². The molecule has 0 bridgehead atoms. The van der Waals surface area contributed by atoms with Crippen molar-refractivity contribution in [1.29, 1.82) is 0 Å². The van der Waals surface area contributed by atoms with Crippen molar-refractivity contribution in [3.05, 3.63) is 35.4 Å². The lowest BCUT2D eigenvalue weighted by Crippen LogP contribution is -2.29. The summed E-state index contributed by atoms with van der Waals surface area (Å²) in [6.07, 6.45) is 3.22. The Hall–Kier alpha value is -1.35. The number of ether oxygens (including phenoxy) is 1. The van der Waals surface area contributed by atoms with E-state index in [4.69, 9.17) is 4.74 Å². The van der Waals surface area contributed by atoms with E-state index in [-0.39, 0.29) is 12.0 Å². The average Bonchev–Trinajstić information content (AvgIpc) is 3.09. The molecule has 1 aliphatic heterocycles. The summed E-state index contributed by atoms with van der Waals surface area (Å²) >= 11 is 0. The number of fused-ring (bicyclic) bond motifs is 1. The van der Waals surface area contributed by atoms with E-state index in [1.165, 1.54) is 11.1 Å². The Bertz CT molecular complexity index is 401. The first-order valence-electron chi connectivity index (χ1n) is 6.29. The predicted octanol–water partition coefficient (Wildman–Crippen LogP) is 1.31. The van der Waals surface area contributed by atoms with Gasteiger partial charge in [0.15, 0.2) is 6.10 Å². The van der Waals surface area contributed by atoms with Gasteiger partial charge in [0.05, 0.1) is 6.61 Å². The van der Waals surface area contributed by atoms with Gasteiger partial charge in [-0.15, -0.1) is 0 Å². The largest absolute Gasteiger partial charge is 0.363 e. The standard InChI is InChI=1S/C14H17NO2/c16-14(13-9-17-13)15-6-5-10-7-11-3-1-2-4-12(11)8-10/h1-4,10,13H,5-9H2,(H,15,16). The number of benzene rings is 1. The van der Waals surface area contributed by atoms with E-state index in [9.17, 15) is 4.79 Å². The molecule has 0 saturated carbocycles. The number of hydrogen-bond acceptors (Lipinski definition) is 2. The molecule has 3 rings (SSSR count). The van der Waals surface area contributed by atoms with Gasteiger partial charge >= 0.3 is 0 Å². The molecule has 0 aromatic heterocycles. The van der Waals surface area contributed by atoms with Crippen molar-refractivity contribution in [2.75, 3.05) is 13.2 Å². The first-order chi connectivity index (χ1) is 8.33. The van der Waals surface area contributed by atoms with E-state index >= 15 is 0 Å². The van der Waals surface area contributed by atoms with E-state index in [1.807, 2.05) is 0 Å². The predicted molar refractivity (Wildman–Crippen MR) is 64.7 cm³/mol. The molecule has 1 saturated heterocycles. The molecule has 1 atom stereocenters. The molecule has 1 aromatic carbocycles. The Kier molecular flexibility index (Phi) is 2.85. The molecular weight excluding hydrogens is 214 g/mol. The van der Waals surface area contributed by atoms with Gasteiger partial charge in [0.1, 0.15) is 0 Å². The Morgan fingerprint density at radius 3 is 2.53 bits per heavy atom. The van der Waals surface area contributed by atoms with E-state index < -0.39 is 0 Å². The Morgan fingerprint density at radius 1 is 1.29 bits per heavy atom. The molecule has 90 valence electrons. The molecule has 1 aliphatic carbocycles. The van der Waals surface area contributed by atoms with Crippen LogP contribution in [0.5, 0.6) is 0 Å². The van der Waals surface area contributed by atoms with Gasteiger partial charge in [0, 0.05) is 6.54 Å². The van der Waals surface area contributed by atoms with Crippen LogP contribution >= 0.6 is 0 Å². The van der Waals surface area contributed by atoms with Crippen LogP contribution in [0.2, 0.25) is 0 Å². The SMILES string of the molecule is O=C(NCCC1Cc2ccccc2C1)C1CO1. The van der Waals surface area contributed by atoms with Crippen molar-refractivity contribution in [2.45, 2.75) is 25.4 Å². The highest BCUT2D eigenvalue weighted by Crippen LogP contribution is 2.28. The third-order valence-electron chi connectivity index (χ3n) is 3.61. The van der Waals surface area contributed by atoms with Gasteiger partial charge < -0.3 is 10.1 Å². The normalized spacial score (nSPS) is 22.2. The summed E-state index contributed by atoms with van der Waals surface area (Å²) in [7, 11) is 0. The summed E-state index contributed by atoms with van der Waals surface area (Å²) in [4.78, 5) is 11.4. The zero-order chi connectivity index (χ0) is 11.7. The molecular formula is C14H17NO2. The zero-order valence-electron chi connectivity index (χ0n) is 9.82. The summed E-state index contributed by atoms with van der Waals surface area (Å²) in [6.45, 7) is 1.37. The minimum atomic E-state index is -0.157. The lowest BCUT2D eigenvalue weighted by molar-refractivity contribution is -0.122. The van der Waals surface area contributed by atoms with Crippen LogP contribution in [0.25, 0.3) is 0 Å². The minimum Gasteiger partial charge on any atom is -0.363 e. The fourth-order valence-corrected chi connectivity index (χ4v) is 2.57. The van der Waals surface area contributed by atoms with Gasteiger partial charge in [0.25, 0.3) is 5.91 Å². The first kappa shape index (κ1) is 10.8. The summed E-state index contributed by atoms with van der Waals surface area (Å²) in [5.41, 5.74) is 2.96. The van der Waals surface area contributed by atoms with Crippen molar-refractivity contribution in [3.63, 3.8) is 0 Å². The maximum Gasteiger partial charge on any atom is 0.251 e. The maximum atomic E-state index is 11.4. The fraction of sp³-hybridized carbons (Fsp3) is 0.500. The summed E-state index contributed by atoms with van der Waals surface area (Å²) in [5, 5.41) is 2.93. The molecule has 3 nitrogen and oxygen atoms in total. The van der Waals surface area contributed by atoms with Gasteiger partial charge in [-0.05, 0) is 36.3 Å². The van der Waals surface area contributed by atoms with Gasteiger partial charge in [-0.1, -0.05) is 24.3 Å². The van der Waals surface area contributed by atoms with E-state index in [0.29, 0.717) is 12.5 Å². The second-order valence-corrected chi connectivity index (χ2v) is 4.94. The lowest BCUT2D eigenvalue weighted by Gasteiger charge is -2.09. The Morgan fingerprint density at radius 2 is 1.94 bits per heavy atom.